The highest BCUT2D eigenvalue weighted by Crippen LogP contribution is 2.38. The average Bonchev–Trinajstić information content (AvgIpc) is 2.41. The molecule has 2 amide bonds. The molecule has 1 aromatic rings. The average molecular weight is 285 g/mol. The van der Waals surface area contributed by atoms with E-state index in [0.29, 0.717) is 22.2 Å². The molecule has 2 rings (SSSR count). The van der Waals surface area contributed by atoms with Crippen molar-refractivity contribution in [3.05, 3.63) is 17.2 Å². The van der Waals surface area contributed by atoms with Gasteiger partial charge >= 0.3 is 0 Å². The second kappa shape index (κ2) is 5.36. The lowest BCUT2D eigenvalue weighted by molar-refractivity contribution is -0.128. The van der Waals surface area contributed by atoms with Crippen molar-refractivity contribution in [2.24, 2.45) is 0 Å². The largest absolute Gasteiger partial charge is 0.495 e. The molecule has 6 nitrogen and oxygen atoms in total. The molecule has 1 fully saturated rings. The number of carbonyl (C=O) groups excluding carboxylic acids is 2. The minimum Gasteiger partial charge on any atom is -0.495 e. The molecule has 7 heteroatoms. The van der Waals surface area contributed by atoms with Crippen molar-refractivity contribution in [3.63, 3.8) is 0 Å². The molecule has 1 aromatic carbocycles. The highest BCUT2D eigenvalue weighted by Gasteiger charge is 2.27. The fourth-order valence-corrected chi connectivity index (χ4v) is 2.06. The van der Waals surface area contributed by atoms with Gasteiger partial charge < -0.3 is 14.8 Å². The van der Waals surface area contributed by atoms with Gasteiger partial charge in [0, 0.05) is 12.1 Å². The first-order valence-electron chi connectivity index (χ1n) is 5.55. The number of hydrogen-bond acceptors (Lipinski definition) is 4. The number of methoxy groups -OCH3 is 2. The van der Waals surface area contributed by atoms with Crippen molar-refractivity contribution in [3.8, 4) is 11.5 Å². The molecule has 0 bridgehead atoms. The molecule has 0 saturated carbocycles. The molecule has 0 unspecified atom stereocenters. The highest BCUT2D eigenvalue weighted by atomic mass is 35.5. The van der Waals surface area contributed by atoms with Crippen LogP contribution in [0.4, 0.5) is 5.69 Å². The number of anilines is 1. The van der Waals surface area contributed by atoms with Crippen LogP contribution in [0.25, 0.3) is 0 Å². The zero-order valence-electron chi connectivity index (χ0n) is 10.5. The van der Waals surface area contributed by atoms with E-state index in [4.69, 9.17) is 21.1 Å². The summed E-state index contributed by atoms with van der Waals surface area (Å²) < 4.78 is 10.3. The molecular formula is C12H13ClN2O4. The molecule has 19 heavy (non-hydrogen) atoms. The van der Waals surface area contributed by atoms with E-state index in [9.17, 15) is 9.59 Å². The van der Waals surface area contributed by atoms with Crippen molar-refractivity contribution in [2.45, 2.75) is 0 Å². The zero-order valence-corrected chi connectivity index (χ0v) is 11.3. The topological polar surface area (TPSA) is 67.9 Å². The van der Waals surface area contributed by atoms with Crippen LogP contribution in [-0.4, -0.2) is 39.1 Å². The predicted molar refractivity (Wildman–Crippen MR) is 69.9 cm³/mol. The van der Waals surface area contributed by atoms with Crippen molar-refractivity contribution in [1.82, 2.24) is 5.32 Å². The first-order valence-corrected chi connectivity index (χ1v) is 5.93. The standard InChI is InChI=1S/C12H13ClN2O4/c1-18-9-4-8(10(19-2)3-7(9)13)15-6-11(16)14-5-12(15)17/h3-4H,5-6H2,1-2H3,(H,14,16). The molecule has 0 spiro atoms. The molecule has 0 aliphatic carbocycles. The second-order valence-electron chi connectivity index (χ2n) is 3.92. The maximum atomic E-state index is 11.9. The Kier molecular flexibility index (Phi) is 3.80. The zero-order chi connectivity index (χ0) is 14.0. The summed E-state index contributed by atoms with van der Waals surface area (Å²) in [4.78, 5) is 24.6. The van der Waals surface area contributed by atoms with E-state index in [1.54, 1.807) is 12.1 Å². The van der Waals surface area contributed by atoms with Gasteiger partial charge in [0.1, 0.15) is 18.0 Å². The van der Waals surface area contributed by atoms with E-state index in [0.717, 1.165) is 0 Å². The molecule has 0 aromatic heterocycles. The summed E-state index contributed by atoms with van der Waals surface area (Å²) in [6.45, 7) is -0.0904. The molecular weight excluding hydrogens is 272 g/mol. The molecule has 1 saturated heterocycles. The fourth-order valence-electron chi connectivity index (χ4n) is 1.83. The summed E-state index contributed by atoms with van der Waals surface area (Å²) in [5, 5.41) is 2.85. The van der Waals surface area contributed by atoms with Crippen molar-refractivity contribution in [2.75, 3.05) is 32.2 Å². The van der Waals surface area contributed by atoms with Gasteiger partial charge in [-0.25, -0.2) is 0 Å². The van der Waals surface area contributed by atoms with E-state index in [2.05, 4.69) is 5.32 Å². The quantitative estimate of drug-likeness (QED) is 0.892. The van der Waals surface area contributed by atoms with Crippen molar-refractivity contribution >= 4 is 29.1 Å². The Morgan fingerprint density at radius 2 is 1.89 bits per heavy atom. The predicted octanol–water partition coefficient (Wildman–Crippen LogP) is 0.820. The lowest BCUT2D eigenvalue weighted by atomic mass is 10.2. The third-order valence-corrected chi connectivity index (χ3v) is 3.08. The first-order chi connectivity index (χ1) is 9.06. The Hall–Kier alpha value is -1.95. The van der Waals surface area contributed by atoms with E-state index in [1.807, 2.05) is 0 Å². The van der Waals surface area contributed by atoms with Gasteiger partial charge in [0.25, 0.3) is 0 Å². The third kappa shape index (κ3) is 2.58. The Labute approximate surface area is 115 Å². The van der Waals surface area contributed by atoms with Crippen LogP contribution in [0.5, 0.6) is 11.5 Å². The van der Waals surface area contributed by atoms with E-state index >= 15 is 0 Å². The summed E-state index contributed by atoms with van der Waals surface area (Å²) in [6, 6.07) is 3.13. The lowest BCUT2D eigenvalue weighted by Crippen LogP contribution is -2.51. The first kappa shape index (κ1) is 13.5. The van der Waals surface area contributed by atoms with Crippen molar-refractivity contribution < 1.29 is 19.1 Å². The number of hydrogen-bond donors (Lipinski definition) is 1. The van der Waals surface area contributed by atoms with Crippen LogP contribution in [-0.2, 0) is 9.59 Å². The number of amides is 2. The normalized spacial score (nSPS) is 15.2. The number of benzene rings is 1. The molecule has 1 aliphatic heterocycles. The molecule has 1 heterocycles. The maximum Gasteiger partial charge on any atom is 0.246 e. The van der Waals surface area contributed by atoms with Crippen LogP contribution in [0.1, 0.15) is 0 Å². The highest BCUT2D eigenvalue weighted by molar-refractivity contribution is 6.32. The molecule has 0 radical (unpaired) electrons. The van der Waals surface area contributed by atoms with Gasteiger partial charge in [-0.3, -0.25) is 14.5 Å². The minimum atomic E-state index is -0.226. The summed E-state index contributed by atoms with van der Waals surface area (Å²) in [6.07, 6.45) is 0. The van der Waals surface area contributed by atoms with Crippen molar-refractivity contribution in [1.29, 1.82) is 0 Å². The second-order valence-corrected chi connectivity index (χ2v) is 4.32. The molecule has 102 valence electrons. The third-order valence-electron chi connectivity index (χ3n) is 2.78. The van der Waals surface area contributed by atoms with E-state index in [1.165, 1.54) is 19.1 Å². The maximum absolute atomic E-state index is 11.9. The monoisotopic (exact) mass is 284 g/mol. The number of nitrogens with zero attached hydrogens (tertiary/aromatic N) is 1. The van der Waals surface area contributed by atoms with Gasteiger partial charge in [0.15, 0.2) is 0 Å². The molecule has 0 atom stereocenters. The smallest absolute Gasteiger partial charge is 0.246 e. The number of piperazine rings is 1. The lowest BCUT2D eigenvalue weighted by Gasteiger charge is -2.28. The van der Waals surface area contributed by atoms with Crippen LogP contribution in [0, 0.1) is 0 Å². The summed E-state index contributed by atoms with van der Waals surface area (Å²) in [5.74, 6) is 0.378. The summed E-state index contributed by atoms with van der Waals surface area (Å²) in [5.41, 5.74) is 0.462. The number of rotatable bonds is 3. The Balaban J connectivity index is 2.47. The minimum absolute atomic E-state index is 0.0348. The number of halogens is 1. The molecule has 1 aliphatic rings. The van der Waals surface area contributed by atoms with Gasteiger partial charge in [0.2, 0.25) is 11.8 Å². The Morgan fingerprint density at radius 1 is 1.21 bits per heavy atom. The summed E-state index contributed by atoms with van der Waals surface area (Å²) >= 11 is 6.00. The summed E-state index contributed by atoms with van der Waals surface area (Å²) in [7, 11) is 2.94. The SMILES string of the molecule is COc1cc(N2CC(=O)NCC2=O)c(OC)cc1Cl. The van der Waals surface area contributed by atoms with Gasteiger partial charge in [-0.1, -0.05) is 11.6 Å². The Morgan fingerprint density at radius 3 is 2.53 bits per heavy atom. The molecule has 1 N–H and O–H groups in total. The fraction of sp³-hybridized carbons (Fsp3) is 0.333. The number of ether oxygens (including phenoxy) is 2. The van der Waals surface area contributed by atoms with Crippen LogP contribution in [0.3, 0.4) is 0 Å². The van der Waals surface area contributed by atoms with Gasteiger partial charge in [-0.05, 0) is 0 Å². The van der Waals surface area contributed by atoms with Gasteiger partial charge in [0.05, 0.1) is 31.5 Å². The van der Waals surface area contributed by atoms with E-state index < -0.39 is 0 Å². The van der Waals surface area contributed by atoms with Crippen LogP contribution >= 0.6 is 11.6 Å². The van der Waals surface area contributed by atoms with Crippen LogP contribution < -0.4 is 19.7 Å². The van der Waals surface area contributed by atoms with Gasteiger partial charge in [-0.2, -0.15) is 0 Å². The Bertz CT molecular complexity index is 533. The number of carbonyl (C=O) groups is 2. The number of nitrogens with one attached hydrogen (secondary N) is 1. The van der Waals surface area contributed by atoms with Gasteiger partial charge in [-0.15, -0.1) is 0 Å². The van der Waals surface area contributed by atoms with Crippen LogP contribution in [0.15, 0.2) is 12.1 Å². The van der Waals surface area contributed by atoms with Crippen LogP contribution in [0.2, 0.25) is 5.02 Å². The van der Waals surface area contributed by atoms with E-state index in [-0.39, 0.29) is 24.9 Å².